The van der Waals surface area contributed by atoms with Gasteiger partial charge in [-0.15, -0.1) is 11.3 Å². The maximum absolute atomic E-state index is 11.0. The lowest BCUT2D eigenvalue weighted by atomic mass is 9.97. The molecule has 1 saturated heterocycles. The van der Waals surface area contributed by atoms with E-state index in [9.17, 15) is 4.79 Å². The number of hydrogen-bond acceptors (Lipinski definition) is 4. The zero-order chi connectivity index (χ0) is 17.1. The van der Waals surface area contributed by atoms with Gasteiger partial charge in [0, 0.05) is 17.5 Å². The number of hydrogen-bond donors (Lipinski definition) is 1. The Balaban J connectivity index is 1.61. The summed E-state index contributed by atoms with van der Waals surface area (Å²) in [5.41, 5.74) is 3.59. The second-order valence-electron chi connectivity index (χ2n) is 6.81. The lowest BCUT2D eigenvalue weighted by Crippen LogP contribution is -2.35. The molecule has 2 aromatic rings. The molecular weight excluding hydrogens is 320 g/mol. The van der Waals surface area contributed by atoms with Crippen molar-refractivity contribution in [2.45, 2.75) is 39.2 Å². The van der Waals surface area contributed by atoms with Gasteiger partial charge in [0.15, 0.2) is 0 Å². The van der Waals surface area contributed by atoms with Crippen LogP contribution in [-0.4, -0.2) is 34.0 Å². The molecule has 0 unspecified atom stereocenters. The summed E-state index contributed by atoms with van der Waals surface area (Å²) in [6.07, 6.45) is 1.48. The Hall–Kier alpha value is -1.72. The molecule has 128 valence electrons. The number of thiazole rings is 1. The Morgan fingerprint density at radius 1 is 1.29 bits per heavy atom. The predicted molar refractivity (Wildman–Crippen MR) is 97.3 cm³/mol. The van der Waals surface area contributed by atoms with Gasteiger partial charge >= 0.3 is 5.97 Å². The van der Waals surface area contributed by atoms with E-state index in [1.54, 1.807) is 11.3 Å². The van der Waals surface area contributed by atoms with Crippen LogP contribution in [0.5, 0.6) is 0 Å². The number of carboxylic acid groups (broad SMARTS) is 1. The lowest BCUT2D eigenvalue weighted by Gasteiger charge is -2.29. The van der Waals surface area contributed by atoms with Crippen molar-refractivity contribution in [3.63, 3.8) is 0 Å². The SMILES string of the molecule is CC(C)c1ccc(-c2nc(CN3CCC(C(=O)O)CC3)cs2)cc1. The summed E-state index contributed by atoms with van der Waals surface area (Å²) < 4.78 is 0. The van der Waals surface area contributed by atoms with E-state index >= 15 is 0 Å². The first kappa shape index (κ1) is 17.1. The van der Waals surface area contributed by atoms with Crippen molar-refractivity contribution in [3.05, 3.63) is 40.9 Å². The monoisotopic (exact) mass is 344 g/mol. The minimum atomic E-state index is -0.657. The van der Waals surface area contributed by atoms with Gasteiger partial charge in [-0.2, -0.15) is 0 Å². The lowest BCUT2D eigenvalue weighted by molar-refractivity contribution is -0.143. The fourth-order valence-corrected chi connectivity index (χ4v) is 3.91. The van der Waals surface area contributed by atoms with E-state index in [0.717, 1.165) is 43.2 Å². The Morgan fingerprint density at radius 3 is 2.54 bits per heavy atom. The first-order valence-corrected chi connectivity index (χ1v) is 9.41. The second kappa shape index (κ2) is 7.45. The Kier molecular flexibility index (Phi) is 5.31. The number of aromatic nitrogens is 1. The van der Waals surface area contributed by atoms with Crippen LogP contribution in [0.4, 0.5) is 0 Å². The summed E-state index contributed by atoms with van der Waals surface area (Å²) in [6, 6.07) is 8.65. The second-order valence-corrected chi connectivity index (χ2v) is 7.67. The zero-order valence-corrected chi connectivity index (χ0v) is 15.1. The molecule has 1 aliphatic heterocycles. The number of carbonyl (C=O) groups is 1. The molecule has 2 heterocycles. The van der Waals surface area contributed by atoms with Crippen LogP contribution in [0.1, 0.15) is 43.9 Å². The molecule has 0 radical (unpaired) electrons. The van der Waals surface area contributed by atoms with Gasteiger partial charge in [-0.3, -0.25) is 9.69 Å². The van der Waals surface area contributed by atoms with Crippen LogP contribution in [0.25, 0.3) is 10.6 Å². The van der Waals surface area contributed by atoms with Gasteiger partial charge in [0.05, 0.1) is 11.6 Å². The van der Waals surface area contributed by atoms with Gasteiger partial charge in [0.1, 0.15) is 5.01 Å². The van der Waals surface area contributed by atoms with Gasteiger partial charge in [-0.25, -0.2) is 4.98 Å². The Morgan fingerprint density at radius 2 is 1.96 bits per heavy atom. The highest BCUT2D eigenvalue weighted by Crippen LogP contribution is 2.27. The van der Waals surface area contributed by atoms with E-state index in [1.807, 2.05) is 0 Å². The van der Waals surface area contributed by atoms with Crippen molar-refractivity contribution in [1.82, 2.24) is 9.88 Å². The van der Waals surface area contributed by atoms with Gasteiger partial charge in [-0.1, -0.05) is 38.1 Å². The Labute approximate surface area is 147 Å². The van der Waals surface area contributed by atoms with Gasteiger partial charge in [-0.05, 0) is 37.4 Å². The highest BCUT2D eigenvalue weighted by molar-refractivity contribution is 7.13. The van der Waals surface area contributed by atoms with E-state index in [4.69, 9.17) is 10.1 Å². The summed E-state index contributed by atoms with van der Waals surface area (Å²) in [5, 5.41) is 12.2. The fraction of sp³-hybridized carbons (Fsp3) is 0.474. The average Bonchev–Trinajstić information content (AvgIpc) is 3.04. The average molecular weight is 344 g/mol. The van der Waals surface area contributed by atoms with Crippen molar-refractivity contribution in [1.29, 1.82) is 0 Å². The smallest absolute Gasteiger partial charge is 0.306 e. The fourth-order valence-electron chi connectivity index (χ4n) is 3.09. The predicted octanol–water partition coefficient (Wildman–Crippen LogP) is 4.23. The molecule has 1 aromatic heterocycles. The van der Waals surface area contributed by atoms with Crippen molar-refractivity contribution in [2.75, 3.05) is 13.1 Å². The highest BCUT2D eigenvalue weighted by Gasteiger charge is 2.24. The topological polar surface area (TPSA) is 53.4 Å². The molecule has 24 heavy (non-hydrogen) atoms. The minimum absolute atomic E-state index is 0.174. The normalized spacial score (nSPS) is 16.6. The largest absolute Gasteiger partial charge is 0.481 e. The molecule has 0 spiro atoms. The third-order valence-corrected chi connectivity index (χ3v) is 5.64. The minimum Gasteiger partial charge on any atom is -0.481 e. The number of benzene rings is 1. The summed E-state index contributed by atoms with van der Waals surface area (Å²) in [4.78, 5) is 18.1. The number of likely N-dealkylation sites (tertiary alicyclic amines) is 1. The molecule has 1 aliphatic rings. The van der Waals surface area contributed by atoms with Crippen molar-refractivity contribution in [2.24, 2.45) is 5.92 Å². The van der Waals surface area contributed by atoms with Crippen molar-refractivity contribution < 1.29 is 9.90 Å². The van der Waals surface area contributed by atoms with E-state index in [0.29, 0.717) is 5.92 Å². The third-order valence-electron chi connectivity index (χ3n) is 4.70. The van der Waals surface area contributed by atoms with Crippen molar-refractivity contribution >= 4 is 17.3 Å². The summed E-state index contributed by atoms with van der Waals surface area (Å²) in [7, 11) is 0. The number of nitrogens with zero attached hydrogens (tertiary/aromatic N) is 2. The number of piperidine rings is 1. The zero-order valence-electron chi connectivity index (χ0n) is 14.2. The third kappa shape index (κ3) is 4.02. The van der Waals surface area contributed by atoms with E-state index < -0.39 is 5.97 Å². The molecule has 4 nitrogen and oxygen atoms in total. The quantitative estimate of drug-likeness (QED) is 0.882. The van der Waals surface area contributed by atoms with Crippen LogP contribution >= 0.6 is 11.3 Å². The summed E-state index contributed by atoms with van der Waals surface area (Å²) in [5.74, 6) is -0.290. The van der Waals surface area contributed by atoms with E-state index in [2.05, 4.69) is 48.4 Å². The number of carboxylic acids is 1. The first-order chi connectivity index (χ1) is 11.5. The molecular formula is C19H24N2O2S. The number of aliphatic carboxylic acids is 1. The standard InChI is InChI=1S/C19H24N2O2S/c1-13(2)14-3-5-15(6-4-14)18-20-17(12-24-18)11-21-9-7-16(8-10-21)19(22)23/h3-6,12-13,16H,7-11H2,1-2H3,(H,22,23). The van der Waals surface area contributed by atoms with E-state index in [-0.39, 0.29) is 5.92 Å². The molecule has 3 rings (SSSR count). The van der Waals surface area contributed by atoms with Crippen molar-refractivity contribution in [3.8, 4) is 10.6 Å². The molecule has 1 fully saturated rings. The Bertz CT molecular complexity index is 686. The molecule has 0 saturated carbocycles. The number of rotatable bonds is 5. The maximum Gasteiger partial charge on any atom is 0.306 e. The maximum atomic E-state index is 11.0. The van der Waals surface area contributed by atoms with Crippen LogP contribution in [0.2, 0.25) is 0 Å². The molecule has 0 bridgehead atoms. The van der Waals surface area contributed by atoms with Gasteiger partial charge in [0.25, 0.3) is 0 Å². The van der Waals surface area contributed by atoms with Crippen LogP contribution < -0.4 is 0 Å². The van der Waals surface area contributed by atoms with Gasteiger partial charge in [0.2, 0.25) is 0 Å². The molecule has 0 amide bonds. The van der Waals surface area contributed by atoms with E-state index in [1.165, 1.54) is 11.1 Å². The van der Waals surface area contributed by atoms with Crippen LogP contribution in [-0.2, 0) is 11.3 Å². The molecule has 5 heteroatoms. The summed E-state index contributed by atoms with van der Waals surface area (Å²) >= 11 is 1.68. The first-order valence-electron chi connectivity index (χ1n) is 8.53. The van der Waals surface area contributed by atoms with Crippen LogP contribution in [0.3, 0.4) is 0 Å². The van der Waals surface area contributed by atoms with Gasteiger partial charge < -0.3 is 5.11 Å². The summed E-state index contributed by atoms with van der Waals surface area (Å²) in [6.45, 7) is 6.89. The highest BCUT2D eigenvalue weighted by atomic mass is 32.1. The molecule has 1 aromatic carbocycles. The van der Waals surface area contributed by atoms with Crippen LogP contribution in [0.15, 0.2) is 29.6 Å². The molecule has 0 atom stereocenters. The van der Waals surface area contributed by atoms with Crippen LogP contribution in [0, 0.1) is 5.92 Å². The molecule has 1 N–H and O–H groups in total. The molecule has 0 aliphatic carbocycles.